The van der Waals surface area contributed by atoms with Crippen LogP contribution >= 0.6 is 0 Å². The van der Waals surface area contributed by atoms with E-state index in [4.69, 9.17) is 4.74 Å². The number of nitrogens with one attached hydrogen (secondary N) is 2. The lowest BCUT2D eigenvalue weighted by atomic mass is 9.87. The number of hydrogen-bond donors (Lipinski definition) is 2. The molecule has 0 radical (unpaired) electrons. The summed E-state index contributed by atoms with van der Waals surface area (Å²) in [5.74, 6) is -0.136. The standard InChI is InChI=1S/C16H26BN3O2/c1-22-15(21)16(18-9-10-19-17)7-11-20(12-8-16)13-14-5-3-2-4-6-14/h2-6,18-19H,7-13,17H2,1H3. The molecule has 0 amide bonds. The largest absolute Gasteiger partial charge is 0.468 e. The predicted octanol–water partition coefficient (Wildman–Crippen LogP) is -0.0785. The van der Waals surface area contributed by atoms with E-state index in [1.807, 2.05) is 14.0 Å². The van der Waals surface area contributed by atoms with E-state index in [-0.39, 0.29) is 5.97 Å². The second-order valence-electron chi connectivity index (χ2n) is 5.87. The zero-order chi connectivity index (χ0) is 15.8. The van der Waals surface area contributed by atoms with Crippen LogP contribution in [-0.4, -0.2) is 57.7 Å². The van der Waals surface area contributed by atoms with Gasteiger partial charge in [-0.15, -0.1) is 0 Å². The van der Waals surface area contributed by atoms with Gasteiger partial charge < -0.3 is 15.3 Å². The van der Waals surface area contributed by atoms with Gasteiger partial charge in [-0.2, -0.15) is 0 Å². The van der Waals surface area contributed by atoms with E-state index in [0.29, 0.717) is 0 Å². The number of esters is 1. The Morgan fingerprint density at radius 3 is 2.55 bits per heavy atom. The van der Waals surface area contributed by atoms with E-state index in [2.05, 4.69) is 39.7 Å². The molecule has 1 aliphatic heterocycles. The van der Waals surface area contributed by atoms with Crippen molar-refractivity contribution in [3.05, 3.63) is 35.9 Å². The number of piperidine rings is 1. The van der Waals surface area contributed by atoms with Gasteiger partial charge >= 0.3 is 5.97 Å². The van der Waals surface area contributed by atoms with Gasteiger partial charge in [-0.25, -0.2) is 0 Å². The first-order valence-corrected chi connectivity index (χ1v) is 7.94. The van der Waals surface area contributed by atoms with Crippen molar-refractivity contribution in [1.29, 1.82) is 0 Å². The molecule has 22 heavy (non-hydrogen) atoms. The Bertz CT molecular complexity index is 462. The van der Waals surface area contributed by atoms with Crippen LogP contribution in [-0.2, 0) is 16.1 Å². The average Bonchev–Trinajstić information content (AvgIpc) is 2.57. The first kappa shape index (κ1) is 17.0. The number of carbonyl (C=O) groups excluding carboxylic acids is 1. The third-order valence-electron chi connectivity index (χ3n) is 4.37. The van der Waals surface area contributed by atoms with Crippen LogP contribution in [0.4, 0.5) is 0 Å². The molecule has 0 aromatic heterocycles. The van der Waals surface area contributed by atoms with Crippen LogP contribution in [0.5, 0.6) is 0 Å². The predicted molar refractivity (Wildman–Crippen MR) is 90.2 cm³/mol. The number of benzene rings is 1. The van der Waals surface area contributed by atoms with Crippen LogP contribution < -0.4 is 10.5 Å². The molecule has 2 N–H and O–H groups in total. The van der Waals surface area contributed by atoms with Gasteiger partial charge in [-0.1, -0.05) is 30.3 Å². The molecule has 5 nitrogen and oxygen atoms in total. The molecule has 0 saturated carbocycles. The van der Waals surface area contributed by atoms with E-state index < -0.39 is 5.54 Å². The molecule has 0 spiro atoms. The molecule has 0 bridgehead atoms. The van der Waals surface area contributed by atoms with E-state index in [1.54, 1.807) is 0 Å². The van der Waals surface area contributed by atoms with Crippen LogP contribution in [0.1, 0.15) is 18.4 Å². The highest BCUT2D eigenvalue weighted by Gasteiger charge is 2.41. The third kappa shape index (κ3) is 4.32. The van der Waals surface area contributed by atoms with Crippen molar-refractivity contribution < 1.29 is 9.53 Å². The van der Waals surface area contributed by atoms with Crippen LogP contribution in [0.15, 0.2) is 30.3 Å². The van der Waals surface area contributed by atoms with Crippen LogP contribution in [0.25, 0.3) is 0 Å². The van der Waals surface area contributed by atoms with Gasteiger partial charge in [0.05, 0.1) is 7.11 Å². The minimum absolute atomic E-state index is 0.136. The highest BCUT2D eigenvalue weighted by Crippen LogP contribution is 2.24. The van der Waals surface area contributed by atoms with Crippen molar-refractivity contribution >= 4 is 14.0 Å². The lowest BCUT2D eigenvalue weighted by molar-refractivity contribution is -0.151. The Hall–Kier alpha value is -1.37. The molecule has 1 aliphatic rings. The fourth-order valence-corrected chi connectivity index (χ4v) is 3.01. The molecule has 0 aliphatic carbocycles. The normalized spacial score (nSPS) is 18.0. The second kappa shape index (κ2) is 8.32. The molecule has 120 valence electrons. The number of nitrogens with zero attached hydrogens (tertiary/aromatic N) is 1. The van der Waals surface area contributed by atoms with E-state index in [9.17, 15) is 4.79 Å². The van der Waals surface area contributed by atoms with Gasteiger partial charge in [0.15, 0.2) is 7.98 Å². The van der Waals surface area contributed by atoms with E-state index in [0.717, 1.165) is 45.6 Å². The topological polar surface area (TPSA) is 53.6 Å². The molecule has 1 aromatic carbocycles. The Morgan fingerprint density at radius 1 is 1.27 bits per heavy atom. The number of methoxy groups -OCH3 is 1. The minimum Gasteiger partial charge on any atom is -0.468 e. The minimum atomic E-state index is -0.529. The van der Waals surface area contributed by atoms with Crippen LogP contribution in [0.3, 0.4) is 0 Å². The summed E-state index contributed by atoms with van der Waals surface area (Å²) < 4.78 is 5.04. The summed E-state index contributed by atoms with van der Waals surface area (Å²) >= 11 is 0. The lowest BCUT2D eigenvalue weighted by Crippen LogP contribution is -2.59. The summed E-state index contributed by atoms with van der Waals surface area (Å²) in [6.07, 6.45) is 1.58. The first-order valence-electron chi connectivity index (χ1n) is 7.94. The Morgan fingerprint density at radius 2 is 1.95 bits per heavy atom. The van der Waals surface area contributed by atoms with Crippen molar-refractivity contribution in [2.75, 3.05) is 33.3 Å². The van der Waals surface area contributed by atoms with Crippen molar-refractivity contribution in [2.45, 2.75) is 24.9 Å². The molecule has 0 atom stereocenters. The zero-order valence-electron chi connectivity index (χ0n) is 13.6. The van der Waals surface area contributed by atoms with Gasteiger partial charge in [0.1, 0.15) is 5.54 Å². The number of rotatable bonds is 7. The summed E-state index contributed by atoms with van der Waals surface area (Å²) in [4.78, 5) is 14.6. The zero-order valence-corrected chi connectivity index (χ0v) is 13.6. The number of carbonyl (C=O) groups is 1. The van der Waals surface area contributed by atoms with Gasteiger partial charge in [-0.05, 0) is 24.9 Å². The number of hydrogen-bond acceptors (Lipinski definition) is 5. The van der Waals surface area contributed by atoms with Gasteiger partial charge in [0.2, 0.25) is 0 Å². The third-order valence-corrected chi connectivity index (χ3v) is 4.37. The second-order valence-corrected chi connectivity index (χ2v) is 5.87. The summed E-state index contributed by atoms with van der Waals surface area (Å²) in [5.41, 5.74) is 0.787. The molecule has 0 unspecified atom stereocenters. The maximum absolute atomic E-state index is 12.2. The number of ether oxygens (including phenoxy) is 1. The molecule has 1 heterocycles. The Kier molecular flexibility index (Phi) is 6.42. The molecule has 1 fully saturated rings. The Balaban J connectivity index is 1.92. The molecule has 1 saturated heterocycles. The van der Waals surface area contributed by atoms with Gasteiger partial charge in [-0.3, -0.25) is 9.69 Å². The quantitative estimate of drug-likeness (QED) is 0.419. The van der Waals surface area contributed by atoms with E-state index >= 15 is 0 Å². The summed E-state index contributed by atoms with van der Waals surface area (Å²) in [7, 11) is 3.38. The molecular formula is C16H26BN3O2. The Labute approximate surface area is 133 Å². The highest BCUT2D eigenvalue weighted by molar-refractivity contribution is 6.04. The van der Waals surface area contributed by atoms with Crippen molar-refractivity contribution in [3.8, 4) is 0 Å². The van der Waals surface area contributed by atoms with Crippen molar-refractivity contribution in [1.82, 2.24) is 15.4 Å². The molecule has 2 rings (SSSR count). The molecule has 6 heteroatoms. The van der Waals surface area contributed by atoms with Gasteiger partial charge in [0.25, 0.3) is 0 Å². The van der Waals surface area contributed by atoms with Crippen LogP contribution in [0.2, 0.25) is 0 Å². The first-order chi connectivity index (χ1) is 10.7. The monoisotopic (exact) mass is 303 g/mol. The summed E-state index contributed by atoms with van der Waals surface area (Å²) in [6.45, 7) is 4.35. The van der Waals surface area contributed by atoms with Crippen LogP contribution in [0, 0.1) is 0 Å². The highest BCUT2D eigenvalue weighted by atomic mass is 16.5. The SMILES string of the molecule is BNCCNC1(C(=O)OC)CCN(Cc2ccccc2)CC1. The lowest BCUT2D eigenvalue weighted by Gasteiger charge is -2.40. The van der Waals surface area contributed by atoms with Gasteiger partial charge in [0, 0.05) is 26.2 Å². The summed E-state index contributed by atoms with van der Waals surface area (Å²) in [6, 6.07) is 10.5. The maximum atomic E-state index is 12.2. The van der Waals surface area contributed by atoms with E-state index in [1.165, 1.54) is 12.7 Å². The molecule has 1 aromatic rings. The smallest absolute Gasteiger partial charge is 0.326 e. The number of likely N-dealkylation sites (tertiary alicyclic amines) is 1. The fraction of sp³-hybridized carbons (Fsp3) is 0.562. The fourth-order valence-electron chi connectivity index (χ4n) is 3.01. The average molecular weight is 303 g/mol. The molecular weight excluding hydrogens is 277 g/mol. The summed E-state index contributed by atoms with van der Waals surface area (Å²) in [5, 5.41) is 6.51. The van der Waals surface area contributed by atoms with Crippen molar-refractivity contribution in [3.63, 3.8) is 0 Å². The maximum Gasteiger partial charge on any atom is 0.326 e. The van der Waals surface area contributed by atoms with Crippen molar-refractivity contribution in [2.24, 2.45) is 0 Å².